The molecule has 7 aromatic carbocycles. The van der Waals surface area contributed by atoms with Crippen molar-refractivity contribution in [1.82, 2.24) is 10.2 Å². The minimum Gasteiger partial charge on any atom is -0.497 e. The number of nitrogens with zero attached hydrogens (tertiary/aromatic N) is 4. The molecule has 700 valence electrons. The minimum atomic E-state index is -4.50. The van der Waals surface area contributed by atoms with Crippen LogP contribution in [0.15, 0.2) is 162 Å². The fraction of sp³-hybridized carbons (Fsp3) is 0.454. The second-order valence-electron chi connectivity index (χ2n) is 35.6. The third-order valence-electron chi connectivity index (χ3n) is 23.7. The normalized spacial score (nSPS) is 17.7. The molecule has 4 aliphatic carbocycles. The summed E-state index contributed by atoms with van der Waals surface area (Å²) in [5.74, 6) is 2.50. The third kappa shape index (κ3) is 29.8. The van der Waals surface area contributed by atoms with Crippen LogP contribution in [-0.4, -0.2) is 139 Å². The number of non-ortho nitro benzene ring substituents is 3. The molecule has 0 spiro atoms. The Balaban J connectivity index is 0.000000259. The number of halogens is 8. The molecule has 5 aliphatic rings. The Hall–Kier alpha value is -10.5. The van der Waals surface area contributed by atoms with Gasteiger partial charge in [-0.05, 0) is 231 Å². The number of rotatable bonds is 23. The van der Waals surface area contributed by atoms with Crippen molar-refractivity contribution < 1.29 is 99.4 Å². The molecular weight excluding hydrogens is 1720 g/mol. The zero-order chi connectivity index (χ0) is 96.6. The number of hydrogen-bond donors (Lipinski definition) is 5. The van der Waals surface area contributed by atoms with E-state index in [1.807, 2.05) is 31.2 Å². The van der Waals surface area contributed by atoms with E-state index < -0.39 is 57.5 Å². The van der Waals surface area contributed by atoms with E-state index in [9.17, 15) is 76.2 Å². The average Bonchev–Trinajstić information content (AvgIpc) is 1.69. The summed E-state index contributed by atoms with van der Waals surface area (Å²) in [4.78, 5) is 70.3. The number of carbonyl (C=O) groups is 3. The Kier molecular flexibility index (Phi) is 39.4. The van der Waals surface area contributed by atoms with Crippen LogP contribution in [0.25, 0.3) is 22.3 Å². The van der Waals surface area contributed by atoms with Gasteiger partial charge < -0.3 is 54.2 Å². The number of nitro benzene ring substituents is 3. The fourth-order valence-electron chi connectivity index (χ4n) is 17.0. The van der Waals surface area contributed by atoms with Crippen LogP contribution in [0, 0.1) is 65.9 Å². The number of aryl methyl sites for hydroxylation is 2. The van der Waals surface area contributed by atoms with Gasteiger partial charge in [-0.15, -0.1) is 23.2 Å². The first-order valence-electron chi connectivity index (χ1n) is 42.1. The highest BCUT2D eigenvalue weighted by molar-refractivity contribution is 6.59. The number of likely N-dealkylation sites (tertiary alicyclic amines) is 1. The fourth-order valence-corrected chi connectivity index (χ4v) is 17.0. The number of nitrogens with one attached hydrogen (secondary N) is 1. The van der Waals surface area contributed by atoms with E-state index in [2.05, 4.69) is 60.7 Å². The number of methoxy groups -OCH3 is 5. The smallest absolute Gasteiger partial charge is 0.492 e. The van der Waals surface area contributed by atoms with Gasteiger partial charge in [-0.2, -0.15) is 26.3 Å². The Morgan fingerprint density at radius 2 is 0.891 bits per heavy atom. The van der Waals surface area contributed by atoms with Gasteiger partial charge >= 0.3 is 19.5 Å². The van der Waals surface area contributed by atoms with Gasteiger partial charge in [0, 0.05) is 109 Å². The Morgan fingerprint density at radius 1 is 0.527 bits per heavy atom. The van der Waals surface area contributed by atoms with Gasteiger partial charge in [0.15, 0.2) is 0 Å². The van der Waals surface area contributed by atoms with Crippen molar-refractivity contribution in [2.75, 3.05) is 61.1 Å². The highest BCUT2D eigenvalue weighted by Gasteiger charge is 2.43. The van der Waals surface area contributed by atoms with Crippen molar-refractivity contribution in [3.05, 3.63) is 248 Å². The number of alkyl halides is 8. The molecule has 0 radical (unpaired) electrons. The van der Waals surface area contributed by atoms with Crippen molar-refractivity contribution in [3.8, 4) is 28.7 Å². The molecular formula is C97H120BCl2F6N5O18. The van der Waals surface area contributed by atoms with Crippen molar-refractivity contribution in [2.24, 2.45) is 21.7 Å². The van der Waals surface area contributed by atoms with Crippen LogP contribution in [0.3, 0.4) is 0 Å². The van der Waals surface area contributed by atoms with E-state index >= 15 is 0 Å². The number of hydrogen-bond acceptors (Lipinski definition) is 19. The van der Waals surface area contributed by atoms with Crippen molar-refractivity contribution >= 4 is 93.6 Å². The van der Waals surface area contributed by atoms with Gasteiger partial charge in [-0.25, -0.2) is 0 Å². The van der Waals surface area contributed by atoms with E-state index in [0.29, 0.717) is 106 Å². The lowest BCUT2D eigenvalue weighted by Gasteiger charge is -2.36. The molecule has 1 fully saturated rings. The molecule has 0 unspecified atom stereocenters. The first-order valence-corrected chi connectivity index (χ1v) is 43.1. The molecule has 1 amide bonds. The number of aliphatic hydroxyl groups excluding tert-OH is 2. The molecule has 23 nitrogen and oxygen atoms in total. The molecule has 32 heteroatoms. The van der Waals surface area contributed by atoms with Crippen LogP contribution in [0.2, 0.25) is 0 Å². The Morgan fingerprint density at radius 3 is 1.30 bits per heavy atom. The summed E-state index contributed by atoms with van der Waals surface area (Å²) in [6, 6.07) is 35.0. The summed E-state index contributed by atoms with van der Waals surface area (Å²) in [7, 11) is 7.26. The van der Waals surface area contributed by atoms with Crippen LogP contribution in [0.1, 0.15) is 220 Å². The number of para-hydroxylation sites is 2. The monoisotopic (exact) mass is 1840 g/mol. The lowest BCUT2D eigenvalue weighted by molar-refractivity contribution is -0.385. The van der Waals surface area contributed by atoms with Gasteiger partial charge in [-0.1, -0.05) is 121 Å². The van der Waals surface area contributed by atoms with Crippen molar-refractivity contribution in [1.29, 1.82) is 0 Å². The lowest BCUT2D eigenvalue weighted by atomic mass is 9.72. The number of amides is 1. The molecule has 129 heavy (non-hydrogen) atoms. The quantitative estimate of drug-likeness (QED) is 0.00992. The first-order chi connectivity index (χ1) is 60.5. The molecule has 1 heterocycles. The molecule has 5 N–H and O–H groups in total. The zero-order valence-electron chi connectivity index (χ0n) is 76.5. The molecule has 1 aliphatic heterocycles. The summed E-state index contributed by atoms with van der Waals surface area (Å²) in [5.41, 5.74) is 11.4. The average molecular weight is 1840 g/mol. The van der Waals surface area contributed by atoms with Gasteiger partial charge in [0.05, 0.1) is 72.9 Å². The topological polar surface area (TPSA) is 323 Å². The maximum Gasteiger partial charge on any atom is 0.492 e. The molecule has 12 rings (SSSR count). The SMILES string of the molecule is CO.COc1ccc([N+](=O)[O-])cc1C1=C(C=O)CC(C)(C)CC1.COc1ccc([N+](=O)[O-])cc1C1=C(CN2C(=O)C[C@H](c3cc(C)cc(C(F)(F)F)c3)[C@@H]2C)CC(C)(C)CC1.COc1ccc([N+](=O)[O-])cc1C1=C(CN[C@@H](C)[C@H](O)c2cc(C)cc(C(F)(F)F)c2)CC(C)(C)CC1.COc1ccccc1B(O)O.COc1ccccc1C1=C(C=O)CC(C)(C)CC1.ClCCl. The van der Waals surface area contributed by atoms with Gasteiger partial charge in [0.1, 0.15) is 41.3 Å². The summed E-state index contributed by atoms with van der Waals surface area (Å²) >= 11 is 9.53. The standard InChI is InChI=1S/C29H33F3N2O4.C27H33F3N2O4.C16H19NO4.C16H20O2.C7H9BO3.CH2Cl2.CH4O/c1-17-10-19(12-21(11-17)29(30,31)32)24-14-27(35)33(18(24)2)16-20-15-28(3,4)9-8-23(20)25-13-22(34(36)37)6-7-26(25)38-5;1-16-10-18(12-20(11-16)27(28,29)30)25(33)17(2)31-15-19-14-26(3,4)9-8-22(19)23-13-21(32(34)35)6-7-24(23)36-5;1-16(2)7-6-13(11(9-16)10-18)14-8-12(17(19)20)4-5-15(14)21-3;1-16(2)9-8-13(12(10-16)11-17)14-6-4-5-7-15(14)18-3;1-11-7-5-3-2-4-6(7)8(9)10;2-1-3;1-2/h6-7,10-13,18,24H,8-9,14-16H2,1-5H3;6-7,10-13,17,25,31,33H,8-9,14-15H2,1-5H3;4-5,8,10H,6-7,9H2,1-3H3;4-7,11H,8-10H2,1-3H3;2-5,9-10H,1H3;1H2;2H,1H3/t18-,24-;17-,25-;;;;;/m00...../s1. The van der Waals surface area contributed by atoms with E-state index in [-0.39, 0.29) is 73.9 Å². The number of benzene rings is 7. The Labute approximate surface area is 761 Å². The summed E-state index contributed by atoms with van der Waals surface area (Å²) < 4.78 is 107. The number of ether oxygens (including phenoxy) is 5. The molecule has 0 saturated carbocycles. The molecule has 0 aromatic heterocycles. The second kappa shape index (κ2) is 47.4. The van der Waals surface area contributed by atoms with Crippen LogP contribution in [0.5, 0.6) is 28.7 Å². The highest BCUT2D eigenvalue weighted by Crippen LogP contribution is 2.51. The minimum absolute atomic E-state index is 0.00776. The van der Waals surface area contributed by atoms with Gasteiger partial charge in [0.2, 0.25) is 5.91 Å². The summed E-state index contributed by atoms with van der Waals surface area (Å²) in [6.45, 7) is 24.8. The first kappa shape index (κ1) is 107. The van der Waals surface area contributed by atoms with Crippen LogP contribution < -0.4 is 34.5 Å². The van der Waals surface area contributed by atoms with Crippen LogP contribution in [-0.2, 0) is 26.7 Å². The van der Waals surface area contributed by atoms with E-state index in [1.54, 1.807) is 87.4 Å². The zero-order valence-corrected chi connectivity index (χ0v) is 78.0. The Bertz CT molecular complexity index is 5220. The lowest BCUT2D eigenvalue weighted by Crippen LogP contribution is -2.36. The molecule has 1 saturated heterocycles. The van der Waals surface area contributed by atoms with E-state index in [1.165, 1.54) is 64.8 Å². The number of allylic oxidation sites excluding steroid dienone is 6. The second-order valence-corrected chi connectivity index (χ2v) is 36.4. The molecule has 7 aromatic rings. The number of nitro groups is 3. The number of aliphatic hydroxyl groups is 2. The van der Waals surface area contributed by atoms with Crippen LogP contribution >= 0.6 is 23.2 Å². The van der Waals surface area contributed by atoms with Crippen molar-refractivity contribution in [2.45, 2.75) is 203 Å². The summed E-state index contributed by atoms with van der Waals surface area (Å²) in [6.07, 6.45) is 1.70. The van der Waals surface area contributed by atoms with Gasteiger partial charge in [0.25, 0.3) is 17.1 Å². The van der Waals surface area contributed by atoms with E-state index in [4.69, 9.17) is 62.0 Å². The predicted molar refractivity (Wildman–Crippen MR) is 493 cm³/mol. The highest BCUT2D eigenvalue weighted by atomic mass is 35.5. The van der Waals surface area contributed by atoms with Crippen LogP contribution in [0.4, 0.5) is 43.4 Å². The molecule has 0 bridgehead atoms. The largest absolute Gasteiger partial charge is 0.497 e. The number of carbonyl (C=O) groups excluding carboxylic acids is 3. The van der Waals surface area contributed by atoms with Gasteiger partial charge in [-0.3, -0.25) is 44.7 Å². The maximum absolute atomic E-state index is 13.5. The molecule has 4 atom stereocenters. The summed E-state index contributed by atoms with van der Waals surface area (Å²) in [5, 5.41) is 72.8. The predicted octanol–water partition coefficient (Wildman–Crippen LogP) is 21.9. The van der Waals surface area contributed by atoms with Crippen molar-refractivity contribution in [3.63, 3.8) is 0 Å². The maximum atomic E-state index is 13.5. The number of aldehydes is 2. The van der Waals surface area contributed by atoms with E-state index in [0.717, 1.165) is 146 Å². The third-order valence-corrected chi connectivity index (χ3v) is 23.7.